The van der Waals surface area contributed by atoms with Gasteiger partial charge in [0.05, 0.1) is 5.52 Å². The van der Waals surface area contributed by atoms with Crippen LogP contribution in [0.5, 0.6) is 5.75 Å². The molecule has 0 atom stereocenters. The van der Waals surface area contributed by atoms with Gasteiger partial charge in [-0.3, -0.25) is 4.79 Å². The minimum absolute atomic E-state index is 0.0777. The first-order valence-corrected chi connectivity index (χ1v) is 9.49. The number of amides is 1. The lowest BCUT2D eigenvalue weighted by molar-refractivity contribution is -0.141. The number of benzene rings is 1. The summed E-state index contributed by atoms with van der Waals surface area (Å²) in [6, 6.07) is 8.34. The quantitative estimate of drug-likeness (QED) is 0.687. The standard InChI is InChI=1S/C20H20F3N5O2/c21-20(22,23)17-4-8-25-19(26-17)27-9-5-13(6-10-27)30-16-3-1-2-15-14(16)7-11-28(15)12-18(24)29/h1-4,7-8,11,13H,5-6,9-10,12H2,(H2,24,29). The smallest absolute Gasteiger partial charge is 0.433 e. The highest BCUT2D eigenvalue weighted by Gasteiger charge is 2.33. The number of carbonyl (C=O) groups is 1. The highest BCUT2D eigenvalue weighted by molar-refractivity contribution is 5.87. The lowest BCUT2D eigenvalue weighted by Crippen LogP contribution is -2.39. The average Bonchev–Trinajstić information content (AvgIpc) is 3.11. The second-order valence-electron chi connectivity index (χ2n) is 7.14. The van der Waals surface area contributed by atoms with Crippen molar-refractivity contribution in [3.63, 3.8) is 0 Å². The lowest BCUT2D eigenvalue weighted by Gasteiger charge is -2.32. The van der Waals surface area contributed by atoms with Gasteiger partial charge in [0.25, 0.3) is 0 Å². The zero-order chi connectivity index (χ0) is 21.3. The SMILES string of the molecule is NC(=O)Cn1ccc2c(OC3CCN(c4nccc(C(F)(F)F)n4)CC3)cccc21. The number of carbonyl (C=O) groups excluding carboxylic acids is 1. The molecule has 1 fully saturated rings. The van der Waals surface area contributed by atoms with Crippen LogP contribution in [-0.4, -0.2) is 39.6 Å². The third-order valence-electron chi connectivity index (χ3n) is 5.05. The molecule has 10 heteroatoms. The first-order chi connectivity index (χ1) is 14.3. The Morgan fingerprint density at radius 1 is 1.20 bits per heavy atom. The molecule has 3 heterocycles. The van der Waals surface area contributed by atoms with Crippen molar-refractivity contribution in [2.45, 2.75) is 31.7 Å². The van der Waals surface area contributed by atoms with Gasteiger partial charge in [-0.25, -0.2) is 9.97 Å². The second-order valence-corrected chi connectivity index (χ2v) is 7.14. The first-order valence-electron chi connectivity index (χ1n) is 9.49. The third kappa shape index (κ3) is 4.17. The largest absolute Gasteiger partial charge is 0.490 e. The van der Waals surface area contributed by atoms with Gasteiger partial charge in [0.1, 0.15) is 24.1 Å². The van der Waals surface area contributed by atoms with Crippen molar-refractivity contribution in [2.75, 3.05) is 18.0 Å². The van der Waals surface area contributed by atoms with E-state index >= 15 is 0 Å². The van der Waals surface area contributed by atoms with E-state index in [1.54, 1.807) is 15.7 Å². The molecule has 3 aromatic rings. The van der Waals surface area contributed by atoms with E-state index < -0.39 is 17.8 Å². The maximum atomic E-state index is 12.9. The maximum Gasteiger partial charge on any atom is 0.433 e. The zero-order valence-electron chi connectivity index (χ0n) is 16.0. The van der Waals surface area contributed by atoms with Crippen molar-refractivity contribution in [1.82, 2.24) is 14.5 Å². The van der Waals surface area contributed by atoms with Gasteiger partial charge in [0, 0.05) is 43.7 Å². The number of halogens is 3. The van der Waals surface area contributed by atoms with Crippen molar-refractivity contribution >= 4 is 22.8 Å². The van der Waals surface area contributed by atoms with E-state index in [2.05, 4.69) is 9.97 Å². The Morgan fingerprint density at radius 3 is 2.67 bits per heavy atom. The molecule has 2 N–H and O–H groups in total. The van der Waals surface area contributed by atoms with E-state index in [-0.39, 0.29) is 18.6 Å². The second kappa shape index (κ2) is 7.85. The predicted octanol–water partition coefficient (Wildman–Crippen LogP) is 2.98. The van der Waals surface area contributed by atoms with Crippen LogP contribution in [0.3, 0.4) is 0 Å². The van der Waals surface area contributed by atoms with Crippen LogP contribution in [0.15, 0.2) is 42.7 Å². The summed E-state index contributed by atoms with van der Waals surface area (Å²) in [5, 5.41) is 0.877. The van der Waals surface area contributed by atoms with Gasteiger partial charge in [0.15, 0.2) is 0 Å². The van der Waals surface area contributed by atoms with E-state index in [4.69, 9.17) is 10.5 Å². The summed E-state index contributed by atoms with van der Waals surface area (Å²) in [5.74, 6) is 0.349. The molecule has 1 aromatic carbocycles. The molecule has 0 saturated carbocycles. The van der Waals surface area contributed by atoms with E-state index in [1.807, 2.05) is 24.3 Å². The number of nitrogens with two attached hydrogens (primary N) is 1. The highest BCUT2D eigenvalue weighted by atomic mass is 19.4. The number of alkyl halides is 3. The number of piperidine rings is 1. The molecule has 158 valence electrons. The normalized spacial score (nSPS) is 15.5. The van der Waals surface area contributed by atoms with Gasteiger partial charge in [-0.1, -0.05) is 6.07 Å². The van der Waals surface area contributed by atoms with Crippen molar-refractivity contribution < 1.29 is 22.7 Å². The number of fused-ring (bicyclic) bond motifs is 1. The number of hydrogen-bond acceptors (Lipinski definition) is 5. The van der Waals surface area contributed by atoms with Crippen LogP contribution in [0.25, 0.3) is 10.9 Å². The summed E-state index contributed by atoms with van der Waals surface area (Å²) < 4.78 is 46.6. The van der Waals surface area contributed by atoms with E-state index in [9.17, 15) is 18.0 Å². The Labute approximate surface area is 170 Å². The first kappa shape index (κ1) is 20.0. The molecule has 0 unspecified atom stereocenters. The minimum Gasteiger partial charge on any atom is -0.490 e. The summed E-state index contributed by atoms with van der Waals surface area (Å²) >= 11 is 0. The summed E-state index contributed by atoms with van der Waals surface area (Å²) in [4.78, 5) is 20.6. The van der Waals surface area contributed by atoms with Gasteiger partial charge in [-0.2, -0.15) is 13.2 Å². The monoisotopic (exact) mass is 419 g/mol. The van der Waals surface area contributed by atoms with Gasteiger partial charge in [-0.15, -0.1) is 0 Å². The summed E-state index contributed by atoms with van der Waals surface area (Å²) in [6.07, 6.45) is -0.420. The summed E-state index contributed by atoms with van der Waals surface area (Å²) in [5.41, 5.74) is 5.19. The Bertz CT molecular complexity index is 1060. The predicted molar refractivity (Wildman–Crippen MR) is 104 cm³/mol. The fourth-order valence-electron chi connectivity index (χ4n) is 3.62. The van der Waals surface area contributed by atoms with Gasteiger partial charge in [-0.05, 0) is 24.3 Å². The van der Waals surface area contributed by atoms with E-state index in [0.717, 1.165) is 23.2 Å². The van der Waals surface area contributed by atoms with Crippen molar-refractivity contribution in [3.8, 4) is 5.75 Å². The molecule has 0 bridgehead atoms. The fraction of sp³-hybridized carbons (Fsp3) is 0.350. The van der Waals surface area contributed by atoms with E-state index in [0.29, 0.717) is 31.7 Å². The average molecular weight is 419 g/mol. The third-order valence-corrected chi connectivity index (χ3v) is 5.05. The summed E-state index contributed by atoms with van der Waals surface area (Å²) in [7, 11) is 0. The van der Waals surface area contributed by atoms with E-state index in [1.165, 1.54) is 0 Å². The molecule has 0 radical (unpaired) electrons. The number of hydrogen-bond donors (Lipinski definition) is 1. The molecule has 1 saturated heterocycles. The number of ether oxygens (including phenoxy) is 1. The Morgan fingerprint density at radius 2 is 1.97 bits per heavy atom. The number of rotatable bonds is 5. The molecule has 7 nitrogen and oxygen atoms in total. The van der Waals surface area contributed by atoms with Gasteiger partial charge in [0.2, 0.25) is 11.9 Å². The number of primary amides is 1. The molecule has 0 aliphatic carbocycles. The molecule has 4 rings (SSSR count). The van der Waals surface area contributed by atoms with Crippen molar-refractivity contribution in [3.05, 3.63) is 48.4 Å². The lowest BCUT2D eigenvalue weighted by atomic mass is 10.1. The molecule has 1 aliphatic rings. The van der Waals surface area contributed by atoms with Gasteiger partial charge >= 0.3 is 6.18 Å². The molecule has 30 heavy (non-hydrogen) atoms. The molecule has 0 spiro atoms. The van der Waals surface area contributed by atoms with Crippen LogP contribution in [0, 0.1) is 0 Å². The van der Waals surface area contributed by atoms with Crippen LogP contribution < -0.4 is 15.4 Å². The molecule has 1 aliphatic heterocycles. The molecular weight excluding hydrogens is 399 g/mol. The van der Waals surface area contributed by atoms with Crippen LogP contribution >= 0.6 is 0 Å². The molecule has 2 aromatic heterocycles. The number of aromatic nitrogens is 3. The Hall–Kier alpha value is -3.30. The number of nitrogens with zero attached hydrogens (tertiary/aromatic N) is 4. The van der Waals surface area contributed by atoms with Gasteiger partial charge < -0.3 is 19.9 Å². The minimum atomic E-state index is -4.50. The zero-order valence-corrected chi connectivity index (χ0v) is 16.0. The Balaban J connectivity index is 1.43. The maximum absolute atomic E-state index is 12.9. The topological polar surface area (TPSA) is 86.3 Å². The summed E-state index contributed by atoms with van der Waals surface area (Å²) in [6.45, 7) is 1.07. The van der Waals surface area contributed by atoms with Crippen LogP contribution in [-0.2, 0) is 17.5 Å². The van der Waals surface area contributed by atoms with Crippen molar-refractivity contribution in [1.29, 1.82) is 0 Å². The van der Waals surface area contributed by atoms with Crippen LogP contribution in [0.1, 0.15) is 18.5 Å². The fourth-order valence-corrected chi connectivity index (χ4v) is 3.62. The number of anilines is 1. The van der Waals surface area contributed by atoms with Crippen molar-refractivity contribution in [2.24, 2.45) is 5.73 Å². The highest BCUT2D eigenvalue weighted by Crippen LogP contribution is 2.31. The van der Waals surface area contributed by atoms with Crippen LogP contribution in [0.4, 0.5) is 19.1 Å². The van der Waals surface area contributed by atoms with Crippen LogP contribution in [0.2, 0.25) is 0 Å². The molecular formula is C20H20F3N5O2. The Kier molecular flexibility index (Phi) is 5.23. The molecule has 1 amide bonds.